The maximum Gasteiger partial charge on any atom is 0.451 e. The third-order valence-corrected chi connectivity index (χ3v) is 2.93. The highest BCUT2D eigenvalue weighted by Crippen LogP contribution is 2.31. The van der Waals surface area contributed by atoms with Crippen LogP contribution in [0.1, 0.15) is 5.82 Å². The molecule has 0 atom stereocenters. The topological polar surface area (TPSA) is 50.7 Å². The summed E-state index contributed by atoms with van der Waals surface area (Å²) in [4.78, 5) is 10.9. The van der Waals surface area contributed by atoms with E-state index in [9.17, 15) is 13.2 Å². The molecule has 2 aromatic rings. The third-order valence-electron chi connectivity index (χ3n) is 2.06. The zero-order valence-corrected chi connectivity index (χ0v) is 10.6. The SMILES string of the molecule is CNc1cc(Sc2ccccn2)nc(C(F)(F)F)n1. The molecule has 0 radical (unpaired) electrons. The van der Waals surface area contributed by atoms with Crippen LogP contribution in [0, 0.1) is 0 Å². The second-order valence-electron chi connectivity index (χ2n) is 3.43. The summed E-state index contributed by atoms with van der Waals surface area (Å²) < 4.78 is 37.9. The van der Waals surface area contributed by atoms with Gasteiger partial charge in [0.15, 0.2) is 0 Å². The Hall–Kier alpha value is -1.83. The summed E-state index contributed by atoms with van der Waals surface area (Å²) in [6, 6.07) is 6.61. The lowest BCUT2D eigenvalue weighted by atomic mass is 10.5. The van der Waals surface area contributed by atoms with Crippen LogP contribution in [-0.2, 0) is 6.18 Å². The highest BCUT2D eigenvalue weighted by atomic mass is 32.2. The lowest BCUT2D eigenvalue weighted by Crippen LogP contribution is -2.12. The number of aromatic nitrogens is 3. The highest BCUT2D eigenvalue weighted by Gasteiger charge is 2.35. The highest BCUT2D eigenvalue weighted by molar-refractivity contribution is 7.99. The average Bonchev–Trinajstić information content (AvgIpc) is 2.38. The number of hydrogen-bond donors (Lipinski definition) is 1. The van der Waals surface area contributed by atoms with E-state index in [1.54, 1.807) is 24.4 Å². The van der Waals surface area contributed by atoms with Gasteiger partial charge < -0.3 is 5.32 Å². The number of nitrogens with zero attached hydrogens (tertiary/aromatic N) is 3. The minimum atomic E-state index is -4.58. The molecule has 4 nitrogen and oxygen atoms in total. The molecule has 2 rings (SSSR count). The lowest BCUT2D eigenvalue weighted by Gasteiger charge is -2.09. The zero-order chi connectivity index (χ0) is 13.9. The molecule has 0 spiro atoms. The summed E-state index contributed by atoms with van der Waals surface area (Å²) in [5.74, 6) is -1.06. The molecule has 100 valence electrons. The molecule has 19 heavy (non-hydrogen) atoms. The van der Waals surface area contributed by atoms with Crippen LogP contribution in [0.5, 0.6) is 0 Å². The van der Waals surface area contributed by atoms with Gasteiger partial charge in [-0.25, -0.2) is 15.0 Å². The molecular weight excluding hydrogens is 277 g/mol. The van der Waals surface area contributed by atoms with Crippen LogP contribution in [0.4, 0.5) is 19.0 Å². The number of hydrogen-bond acceptors (Lipinski definition) is 5. The number of halogens is 3. The maximum atomic E-state index is 12.6. The van der Waals surface area contributed by atoms with Crippen molar-refractivity contribution in [1.82, 2.24) is 15.0 Å². The largest absolute Gasteiger partial charge is 0.451 e. The minimum absolute atomic E-state index is 0.112. The molecule has 0 aliphatic heterocycles. The van der Waals surface area contributed by atoms with Gasteiger partial charge in [0.1, 0.15) is 15.9 Å². The summed E-state index contributed by atoms with van der Waals surface area (Å²) in [6.45, 7) is 0. The lowest BCUT2D eigenvalue weighted by molar-refractivity contribution is -0.145. The Morgan fingerprint density at radius 3 is 2.53 bits per heavy atom. The quantitative estimate of drug-likeness (QED) is 0.879. The molecule has 0 fully saturated rings. The summed E-state index contributed by atoms with van der Waals surface area (Å²) in [6.07, 6.45) is -3.01. The summed E-state index contributed by atoms with van der Waals surface area (Å²) >= 11 is 1.05. The minimum Gasteiger partial charge on any atom is -0.373 e. The monoisotopic (exact) mass is 286 g/mol. The van der Waals surface area contributed by atoms with Gasteiger partial charge in [-0.1, -0.05) is 6.07 Å². The van der Waals surface area contributed by atoms with E-state index in [-0.39, 0.29) is 10.8 Å². The molecular formula is C11H9F3N4S. The van der Waals surface area contributed by atoms with Gasteiger partial charge >= 0.3 is 6.18 Å². The van der Waals surface area contributed by atoms with Gasteiger partial charge in [0.05, 0.1) is 0 Å². The normalized spacial score (nSPS) is 11.4. The van der Waals surface area contributed by atoms with E-state index >= 15 is 0 Å². The smallest absolute Gasteiger partial charge is 0.373 e. The van der Waals surface area contributed by atoms with Gasteiger partial charge in [-0.3, -0.25) is 0 Å². The summed E-state index contributed by atoms with van der Waals surface area (Å²) in [5.41, 5.74) is 0. The first kappa shape index (κ1) is 13.6. The molecule has 2 heterocycles. The van der Waals surface area contributed by atoms with Crippen molar-refractivity contribution in [3.8, 4) is 0 Å². The zero-order valence-electron chi connectivity index (χ0n) is 9.77. The fourth-order valence-corrected chi connectivity index (χ4v) is 2.02. The number of rotatable bonds is 3. The van der Waals surface area contributed by atoms with E-state index in [1.807, 2.05) is 0 Å². The van der Waals surface area contributed by atoms with Crippen molar-refractivity contribution in [2.45, 2.75) is 16.2 Å². The molecule has 0 bridgehead atoms. The predicted octanol–water partition coefficient (Wildman–Crippen LogP) is 3.08. The van der Waals surface area contributed by atoms with Crippen LogP contribution in [0.15, 0.2) is 40.5 Å². The number of pyridine rings is 1. The first-order valence-electron chi connectivity index (χ1n) is 5.22. The predicted molar refractivity (Wildman–Crippen MR) is 64.9 cm³/mol. The Balaban J connectivity index is 2.35. The van der Waals surface area contributed by atoms with Crippen LogP contribution in [0.2, 0.25) is 0 Å². The van der Waals surface area contributed by atoms with Crippen LogP contribution in [0.25, 0.3) is 0 Å². The van der Waals surface area contributed by atoms with Crippen molar-refractivity contribution in [1.29, 1.82) is 0 Å². The Labute approximate surface area is 111 Å². The Kier molecular flexibility index (Phi) is 3.89. The first-order chi connectivity index (χ1) is 8.99. The van der Waals surface area contributed by atoms with Crippen molar-refractivity contribution < 1.29 is 13.2 Å². The molecule has 0 amide bonds. The van der Waals surface area contributed by atoms with Crippen LogP contribution < -0.4 is 5.32 Å². The van der Waals surface area contributed by atoms with Crippen LogP contribution in [-0.4, -0.2) is 22.0 Å². The molecule has 0 aromatic carbocycles. The van der Waals surface area contributed by atoms with Gasteiger partial charge in [-0.05, 0) is 23.9 Å². The summed E-state index contributed by atoms with van der Waals surface area (Å²) in [5, 5.41) is 3.33. The third kappa shape index (κ3) is 3.57. The second kappa shape index (κ2) is 5.43. The van der Waals surface area contributed by atoms with E-state index in [0.717, 1.165) is 11.8 Å². The molecule has 0 aliphatic carbocycles. The Bertz CT molecular complexity index is 560. The molecule has 0 aliphatic rings. The average molecular weight is 286 g/mol. The van der Waals surface area contributed by atoms with Gasteiger partial charge in [0.25, 0.3) is 0 Å². The second-order valence-corrected chi connectivity index (χ2v) is 4.47. The standard InChI is InChI=1S/C11H9F3N4S/c1-15-7-6-9(18-10(17-7)11(12,13)14)19-8-4-2-3-5-16-8/h2-6H,1H3,(H,15,17,18). The van der Waals surface area contributed by atoms with Crippen LogP contribution in [0.3, 0.4) is 0 Å². The molecule has 8 heteroatoms. The Morgan fingerprint density at radius 2 is 1.95 bits per heavy atom. The van der Waals surface area contributed by atoms with E-state index in [1.165, 1.54) is 13.1 Å². The number of anilines is 1. The first-order valence-corrected chi connectivity index (χ1v) is 6.03. The van der Waals surface area contributed by atoms with E-state index in [4.69, 9.17) is 0 Å². The molecule has 2 aromatic heterocycles. The van der Waals surface area contributed by atoms with E-state index in [0.29, 0.717) is 5.03 Å². The van der Waals surface area contributed by atoms with Crippen molar-refractivity contribution in [2.24, 2.45) is 0 Å². The fraction of sp³-hybridized carbons (Fsp3) is 0.182. The van der Waals surface area contributed by atoms with Gasteiger partial charge in [0.2, 0.25) is 5.82 Å². The maximum absolute atomic E-state index is 12.6. The van der Waals surface area contributed by atoms with Crippen molar-refractivity contribution in [3.63, 3.8) is 0 Å². The van der Waals surface area contributed by atoms with E-state index < -0.39 is 12.0 Å². The number of alkyl halides is 3. The molecule has 0 saturated heterocycles. The van der Waals surface area contributed by atoms with Crippen molar-refractivity contribution in [2.75, 3.05) is 12.4 Å². The van der Waals surface area contributed by atoms with Crippen molar-refractivity contribution >= 4 is 17.6 Å². The number of nitrogens with one attached hydrogen (secondary N) is 1. The van der Waals surface area contributed by atoms with Gasteiger partial charge in [0, 0.05) is 19.3 Å². The van der Waals surface area contributed by atoms with Gasteiger partial charge in [-0.15, -0.1) is 0 Å². The van der Waals surface area contributed by atoms with Crippen molar-refractivity contribution in [3.05, 3.63) is 36.3 Å². The van der Waals surface area contributed by atoms with Gasteiger partial charge in [-0.2, -0.15) is 13.2 Å². The molecule has 0 saturated carbocycles. The summed E-state index contributed by atoms with van der Waals surface area (Å²) in [7, 11) is 1.50. The molecule has 1 N–H and O–H groups in total. The fourth-order valence-electron chi connectivity index (χ4n) is 1.25. The van der Waals surface area contributed by atoms with Crippen LogP contribution >= 0.6 is 11.8 Å². The Morgan fingerprint density at radius 1 is 1.16 bits per heavy atom. The van der Waals surface area contributed by atoms with E-state index in [2.05, 4.69) is 20.3 Å². The molecule has 0 unspecified atom stereocenters.